The number of aryl methyl sites for hydroxylation is 1. The molecule has 3 aromatic rings. The van der Waals surface area contributed by atoms with Gasteiger partial charge in [0.05, 0.1) is 5.52 Å². The number of nitrogens with one attached hydrogen (secondary N) is 1. The molecule has 0 bridgehead atoms. The van der Waals surface area contributed by atoms with Gasteiger partial charge in [-0.05, 0) is 43.0 Å². The number of anilines is 1. The summed E-state index contributed by atoms with van der Waals surface area (Å²) in [5, 5.41) is 5.02. The lowest BCUT2D eigenvalue weighted by Crippen LogP contribution is -2.40. The average Bonchev–Trinajstić information content (AvgIpc) is 3.05. The topological polar surface area (TPSA) is 73.1 Å². The second kappa shape index (κ2) is 6.85. The van der Waals surface area contributed by atoms with Gasteiger partial charge in [0, 0.05) is 17.3 Å². The number of amides is 1. The third-order valence-electron chi connectivity index (χ3n) is 3.93. The van der Waals surface area contributed by atoms with Crippen LogP contribution in [0.5, 0.6) is 0 Å². The van der Waals surface area contributed by atoms with E-state index in [0.29, 0.717) is 20.9 Å². The van der Waals surface area contributed by atoms with Gasteiger partial charge in [-0.15, -0.1) is 11.3 Å². The van der Waals surface area contributed by atoms with Crippen LogP contribution in [0.1, 0.15) is 12.5 Å². The molecule has 0 spiro atoms. The maximum Gasteiger partial charge on any atom is 0.331 e. The van der Waals surface area contributed by atoms with Gasteiger partial charge >= 0.3 is 5.69 Å². The second-order valence-corrected chi connectivity index (χ2v) is 6.91. The molecule has 2 heterocycles. The van der Waals surface area contributed by atoms with Crippen molar-refractivity contribution in [1.29, 1.82) is 0 Å². The zero-order chi connectivity index (χ0) is 18.1. The van der Waals surface area contributed by atoms with Gasteiger partial charge in [-0.1, -0.05) is 17.7 Å². The van der Waals surface area contributed by atoms with E-state index in [1.807, 2.05) is 6.92 Å². The van der Waals surface area contributed by atoms with Crippen molar-refractivity contribution in [2.24, 2.45) is 0 Å². The molecular formula is C17H16ClN3O3S. The van der Waals surface area contributed by atoms with Crippen molar-refractivity contribution in [1.82, 2.24) is 9.13 Å². The van der Waals surface area contributed by atoms with E-state index < -0.39 is 5.69 Å². The molecule has 1 aromatic carbocycles. The summed E-state index contributed by atoms with van der Waals surface area (Å²) in [6.07, 6.45) is 0. The molecule has 3 rings (SSSR count). The molecule has 2 aromatic heterocycles. The minimum absolute atomic E-state index is 0.182. The highest BCUT2D eigenvalue weighted by atomic mass is 35.5. The number of rotatable bonds is 4. The number of benzene rings is 1. The Labute approximate surface area is 152 Å². The third-order valence-corrected chi connectivity index (χ3v) is 5.05. The van der Waals surface area contributed by atoms with Crippen LogP contribution in [-0.4, -0.2) is 15.0 Å². The Balaban J connectivity index is 1.99. The lowest BCUT2D eigenvalue weighted by Gasteiger charge is -2.12. The van der Waals surface area contributed by atoms with Crippen LogP contribution in [-0.2, 0) is 17.9 Å². The quantitative estimate of drug-likeness (QED) is 0.759. The summed E-state index contributed by atoms with van der Waals surface area (Å²) in [6, 6.07) is 6.88. The van der Waals surface area contributed by atoms with Gasteiger partial charge in [0.2, 0.25) is 5.91 Å². The molecule has 0 aliphatic carbocycles. The van der Waals surface area contributed by atoms with Crippen molar-refractivity contribution < 1.29 is 4.79 Å². The Morgan fingerprint density at radius 2 is 2.00 bits per heavy atom. The molecule has 1 N–H and O–H groups in total. The van der Waals surface area contributed by atoms with Crippen LogP contribution >= 0.6 is 22.9 Å². The van der Waals surface area contributed by atoms with E-state index in [4.69, 9.17) is 11.6 Å². The number of halogens is 1. The molecule has 6 nitrogen and oxygen atoms in total. The van der Waals surface area contributed by atoms with Gasteiger partial charge in [0.1, 0.15) is 11.2 Å². The standard InChI is InChI=1S/C17H16ClN3O3S/c1-3-20-16(23)15-13(6-7-25-15)21(17(20)24)9-14(22)19-12-8-11(18)5-4-10(12)2/h4-8H,3,9H2,1-2H3,(H,19,22). The first-order chi connectivity index (χ1) is 11.9. The maximum absolute atomic E-state index is 12.6. The minimum Gasteiger partial charge on any atom is -0.324 e. The smallest absolute Gasteiger partial charge is 0.324 e. The number of fused-ring (bicyclic) bond motifs is 1. The molecule has 0 unspecified atom stereocenters. The van der Waals surface area contributed by atoms with Crippen LogP contribution in [0.2, 0.25) is 5.02 Å². The van der Waals surface area contributed by atoms with Gasteiger partial charge < -0.3 is 5.32 Å². The molecule has 130 valence electrons. The first kappa shape index (κ1) is 17.4. The Morgan fingerprint density at radius 1 is 1.24 bits per heavy atom. The van der Waals surface area contributed by atoms with E-state index >= 15 is 0 Å². The zero-order valence-corrected chi connectivity index (χ0v) is 15.3. The van der Waals surface area contributed by atoms with Crippen LogP contribution in [0.15, 0.2) is 39.2 Å². The fraction of sp³-hybridized carbons (Fsp3) is 0.235. The lowest BCUT2D eigenvalue weighted by molar-refractivity contribution is -0.116. The average molecular weight is 378 g/mol. The minimum atomic E-state index is -0.489. The van der Waals surface area contributed by atoms with E-state index in [2.05, 4.69) is 5.32 Å². The third kappa shape index (κ3) is 3.25. The fourth-order valence-corrected chi connectivity index (χ4v) is 3.64. The molecule has 0 aliphatic rings. The second-order valence-electron chi connectivity index (χ2n) is 5.56. The highest BCUT2D eigenvalue weighted by Gasteiger charge is 2.16. The number of thiophene rings is 1. The van der Waals surface area contributed by atoms with E-state index in [-0.39, 0.29) is 24.6 Å². The van der Waals surface area contributed by atoms with Crippen molar-refractivity contribution in [3.63, 3.8) is 0 Å². The van der Waals surface area contributed by atoms with Gasteiger partial charge in [-0.25, -0.2) is 4.79 Å². The summed E-state index contributed by atoms with van der Waals surface area (Å²) >= 11 is 7.22. The number of nitrogens with zero attached hydrogens (tertiary/aromatic N) is 2. The normalized spacial score (nSPS) is 11.0. The van der Waals surface area contributed by atoms with Gasteiger partial charge in [0.25, 0.3) is 5.56 Å². The van der Waals surface area contributed by atoms with Gasteiger partial charge in [0.15, 0.2) is 0 Å². The molecule has 0 aliphatic heterocycles. The van der Waals surface area contributed by atoms with Crippen LogP contribution < -0.4 is 16.6 Å². The molecule has 0 saturated heterocycles. The highest BCUT2D eigenvalue weighted by Crippen LogP contribution is 2.20. The summed E-state index contributed by atoms with van der Waals surface area (Å²) < 4.78 is 2.93. The summed E-state index contributed by atoms with van der Waals surface area (Å²) in [7, 11) is 0. The first-order valence-corrected chi connectivity index (χ1v) is 8.95. The van der Waals surface area contributed by atoms with Gasteiger partial charge in [-0.2, -0.15) is 0 Å². The van der Waals surface area contributed by atoms with Crippen LogP contribution in [0.25, 0.3) is 10.2 Å². The first-order valence-electron chi connectivity index (χ1n) is 7.69. The molecule has 1 amide bonds. The summed E-state index contributed by atoms with van der Waals surface area (Å²) in [4.78, 5) is 37.3. The Morgan fingerprint density at radius 3 is 2.72 bits per heavy atom. The van der Waals surface area contributed by atoms with Crippen molar-refractivity contribution in [2.75, 3.05) is 5.32 Å². The SMILES string of the molecule is CCn1c(=O)c2sccc2n(CC(=O)Nc2cc(Cl)ccc2C)c1=O. The summed E-state index contributed by atoms with van der Waals surface area (Å²) in [5.41, 5.74) is 1.12. The van der Waals surface area contributed by atoms with E-state index in [0.717, 1.165) is 10.1 Å². The summed E-state index contributed by atoms with van der Waals surface area (Å²) in [5.74, 6) is -0.360. The van der Waals surface area contributed by atoms with Gasteiger partial charge in [-0.3, -0.25) is 18.7 Å². The molecule has 8 heteroatoms. The molecule has 0 saturated carbocycles. The number of hydrogen-bond acceptors (Lipinski definition) is 4. The van der Waals surface area contributed by atoms with Crippen molar-refractivity contribution in [3.05, 3.63) is 61.1 Å². The van der Waals surface area contributed by atoms with E-state index in [1.54, 1.807) is 36.6 Å². The van der Waals surface area contributed by atoms with Crippen LogP contribution in [0.4, 0.5) is 5.69 Å². The predicted molar refractivity (Wildman–Crippen MR) is 101 cm³/mol. The lowest BCUT2D eigenvalue weighted by atomic mass is 10.2. The summed E-state index contributed by atoms with van der Waals surface area (Å²) in [6.45, 7) is 3.65. The molecular weight excluding hydrogens is 362 g/mol. The van der Waals surface area contributed by atoms with E-state index in [9.17, 15) is 14.4 Å². The monoisotopic (exact) mass is 377 g/mol. The van der Waals surface area contributed by atoms with Crippen LogP contribution in [0.3, 0.4) is 0 Å². The molecule has 0 fully saturated rings. The largest absolute Gasteiger partial charge is 0.331 e. The molecule has 0 atom stereocenters. The number of hydrogen-bond donors (Lipinski definition) is 1. The Bertz CT molecular complexity index is 1080. The van der Waals surface area contributed by atoms with Crippen molar-refractivity contribution in [3.8, 4) is 0 Å². The van der Waals surface area contributed by atoms with E-state index in [1.165, 1.54) is 15.9 Å². The maximum atomic E-state index is 12.6. The number of carbonyl (C=O) groups excluding carboxylic acids is 1. The predicted octanol–water partition coefficient (Wildman–Crippen LogP) is 2.85. The Hall–Kier alpha value is -2.38. The number of carbonyl (C=O) groups is 1. The zero-order valence-electron chi connectivity index (χ0n) is 13.7. The number of aromatic nitrogens is 2. The van der Waals surface area contributed by atoms with Crippen molar-refractivity contribution >= 4 is 44.7 Å². The van der Waals surface area contributed by atoms with Crippen LogP contribution in [0, 0.1) is 6.92 Å². The van der Waals surface area contributed by atoms with Crippen molar-refractivity contribution in [2.45, 2.75) is 26.9 Å². The fourth-order valence-electron chi connectivity index (χ4n) is 2.63. The molecule has 25 heavy (non-hydrogen) atoms. The highest BCUT2D eigenvalue weighted by molar-refractivity contribution is 7.17. The molecule has 0 radical (unpaired) electrons. The Kier molecular flexibility index (Phi) is 4.78.